The number of allylic oxidation sites excluding steroid dienone is 10. The Morgan fingerprint density at radius 3 is 2.66 bits per heavy atom. The van der Waals surface area contributed by atoms with E-state index >= 15 is 0 Å². The number of fused-ring (bicyclic) bond motifs is 11. The Balaban J connectivity index is 0.996. The van der Waals surface area contributed by atoms with Gasteiger partial charge in [0.05, 0.1) is 15.2 Å². The molecule has 4 heteroatoms. The molecule has 2 aliphatic heterocycles. The molecule has 1 fully saturated rings. The Morgan fingerprint density at radius 2 is 1.72 bits per heavy atom. The molecule has 5 aromatic rings. The van der Waals surface area contributed by atoms with Gasteiger partial charge in [0.25, 0.3) is 0 Å². The molecule has 2 radical (unpaired) electrons. The summed E-state index contributed by atoms with van der Waals surface area (Å²) >= 11 is 1.98. The van der Waals surface area contributed by atoms with Gasteiger partial charge in [-0.25, -0.2) is 0 Å². The molecule has 4 aliphatic carbocycles. The molecule has 240 valence electrons. The van der Waals surface area contributed by atoms with Crippen molar-refractivity contribution >= 4 is 64.6 Å². The Bertz CT molecular complexity index is 2490. The van der Waals surface area contributed by atoms with Gasteiger partial charge in [0.2, 0.25) is 0 Å². The van der Waals surface area contributed by atoms with E-state index in [9.17, 15) is 0 Å². The van der Waals surface area contributed by atoms with Crippen LogP contribution >= 0.6 is 11.3 Å². The zero-order valence-corrected chi connectivity index (χ0v) is 29.5. The van der Waals surface area contributed by atoms with Gasteiger partial charge < -0.3 is 9.64 Å². The fraction of sp³-hybridized carbons (Fsp3) is 0.174. The Kier molecular flexibility index (Phi) is 6.53. The number of aryl methyl sites for hydroxylation is 1. The highest BCUT2D eigenvalue weighted by atomic mass is 32.1. The number of hydrogen-bond donors (Lipinski definition) is 0. The Labute approximate surface area is 299 Å². The molecule has 11 rings (SSSR count). The first-order valence-corrected chi connectivity index (χ1v) is 19.9. The molecule has 1 aromatic heterocycles. The van der Waals surface area contributed by atoms with Gasteiger partial charge in [-0.15, -0.1) is 11.3 Å². The minimum absolute atomic E-state index is 0.114. The van der Waals surface area contributed by atoms with E-state index in [0.29, 0.717) is 17.4 Å². The van der Waals surface area contributed by atoms with Gasteiger partial charge in [0.1, 0.15) is 11.9 Å². The molecule has 3 heterocycles. The maximum atomic E-state index is 6.68. The van der Waals surface area contributed by atoms with Crippen LogP contribution in [0.1, 0.15) is 40.8 Å². The molecule has 4 unspecified atom stereocenters. The summed E-state index contributed by atoms with van der Waals surface area (Å²) in [5.41, 5.74) is 11.2. The summed E-state index contributed by atoms with van der Waals surface area (Å²) in [6, 6.07) is 31.1. The van der Waals surface area contributed by atoms with Crippen molar-refractivity contribution in [2.24, 2.45) is 11.8 Å². The molecule has 4 aromatic carbocycles. The Hall–Kier alpha value is -4.90. The number of rotatable bonds is 4. The molecule has 50 heavy (non-hydrogen) atoms. The molecule has 0 bridgehead atoms. The lowest BCUT2D eigenvalue weighted by Gasteiger charge is -2.35. The van der Waals surface area contributed by atoms with Crippen LogP contribution in [0.15, 0.2) is 150 Å². The zero-order valence-electron chi connectivity index (χ0n) is 27.7. The standard InChI is InChI=1S/C46H35NOSSi/c1-2-9-30-26-31(17-16-28(30)8-1)29-18-20-32(21-19-29)47(38-12-7-15-41-44(38)36-11-4-6-14-40(36)49-41)33-22-23-37-43(27-33)50-42-25-24-35-34-10-3-5-13-39(34)48-46(35)45(37)42/h1-5,7-13,15-18,20,22-27,37,43,45-46H,6,14,19,21H2. The average molecular weight is 678 g/mol. The number of anilines is 1. The molecular weight excluding hydrogens is 643 g/mol. The lowest BCUT2D eigenvalue weighted by Crippen LogP contribution is -2.31. The van der Waals surface area contributed by atoms with Gasteiger partial charge in [0.15, 0.2) is 0 Å². The number of benzene rings is 4. The van der Waals surface area contributed by atoms with Crippen LogP contribution in [0.2, 0.25) is 5.54 Å². The zero-order chi connectivity index (χ0) is 32.8. The summed E-state index contributed by atoms with van der Waals surface area (Å²) in [6.45, 7) is 0. The first-order valence-electron chi connectivity index (χ1n) is 18.0. The van der Waals surface area contributed by atoms with Crippen molar-refractivity contribution in [3.05, 3.63) is 172 Å². The van der Waals surface area contributed by atoms with E-state index < -0.39 is 0 Å². The molecule has 1 saturated heterocycles. The minimum atomic E-state index is 0.114. The van der Waals surface area contributed by atoms with Crippen LogP contribution in [0.25, 0.3) is 38.1 Å². The summed E-state index contributed by atoms with van der Waals surface area (Å²) in [5, 5.41) is 5.57. The summed E-state index contributed by atoms with van der Waals surface area (Å²) in [4.78, 5) is 4.14. The first kappa shape index (κ1) is 28.9. The van der Waals surface area contributed by atoms with Gasteiger partial charge >= 0.3 is 0 Å². The first-order chi connectivity index (χ1) is 24.8. The topological polar surface area (TPSA) is 12.5 Å². The highest BCUT2D eigenvalue weighted by Gasteiger charge is 2.49. The molecular formula is C46H35NOSSi. The highest BCUT2D eigenvalue weighted by Crippen LogP contribution is 2.55. The molecule has 6 aliphatic rings. The lowest BCUT2D eigenvalue weighted by atomic mass is 9.77. The van der Waals surface area contributed by atoms with Crippen LogP contribution in [0.5, 0.6) is 5.75 Å². The van der Waals surface area contributed by atoms with Crippen LogP contribution in [0.3, 0.4) is 0 Å². The quantitative estimate of drug-likeness (QED) is 0.176. The molecule has 0 spiro atoms. The van der Waals surface area contributed by atoms with E-state index in [4.69, 9.17) is 4.74 Å². The molecule has 4 atom stereocenters. The maximum Gasteiger partial charge on any atom is 0.131 e. The SMILES string of the molecule is C1=Cc2c(sc3cccc(N(C4=CC5[Si]C6=CC=C7c8ccccc8OC7C6C5C=C4)C4=CC=C(c5ccc6ccccc6c5)CC4)c23)CC1. The number of ether oxygens (including phenoxy) is 1. The second kappa shape index (κ2) is 11.3. The third-order valence-corrected chi connectivity index (χ3v) is 14.5. The van der Waals surface area contributed by atoms with Crippen LogP contribution in [-0.2, 0) is 6.42 Å². The largest absolute Gasteiger partial charge is 0.484 e. The second-order valence-electron chi connectivity index (χ2n) is 14.3. The second-order valence-corrected chi connectivity index (χ2v) is 16.9. The molecule has 2 nitrogen and oxygen atoms in total. The van der Waals surface area contributed by atoms with Gasteiger partial charge in [-0.2, -0.15) is 0 Å². The van der Waals surface area contributed by atoms with Crippen molar-refractivity contribution < 1.29 is 4.74 Å². The summed E-state index contributed by atoms with van der Waals surface area (Å²) in [5.74, 6) is 1.88. The smallest absolute Gasteiger partial charge is 0.131 e. The van der Waals surface area contributed by atoms with E-state index in [-0.39, 0.29) is 6.10 Å². The van der Waals surface area contributed by atoms with Gasteiger partial charge in [0, 0.05) is 43.4 Å². The molecule has 0 amide bonds. The summed E-state index contributed by atoms with van der Waals surface area (Å²) in [7, 11) is 0.769. The van der Waals surface area contributed by atoms with E-state index in [2.05, 4.69) is 145 Å². The van der Waals surface area contributed by atoms with Crippen molar-refractivity contribution in [3.63, 3.8) is 0 Å². The Morgan fingerprint density at radius 1 is 0.800 bits per heavy atom. The number of hydrogen-bond acceptors (Lipinski definition) is 3. The lowest BCUT2D eigenvalue weighted by molar-refractivity contribution is 0.201. The average Bonchev–Trinajstić information content (AvgIpc) is 3.86. The summed E-state index contributed by atoms with van der Waals surface area (Å²) in [6.07, 6.45) is 26.3. The molecule has 0 saturated carbocycles. The predicted molar refractivity (Wildman–Crippen MR) is 212 cm³/mol. The fourth-order valence-corrected chi connectivity index (χ4v) is 12.3. The van der Waals surface area contributed by atoms with Crippen molar-refractivity contribution in [3.8, 4) is 5.75 Å². The van der Waals surface area contributed by atoms with Crippen LogP contribution < -0.4 is 9.64 Å². The third kappa shape index (κ3) is 4.44. The van der Waals surface area contributed by atoms with Crippen LogP contribution in [-0.4, -0.2) is 15.6 Å². The third-order valence-electron chi connectivity index (χ3n) is 11.6. The molecule has 0 N–H and O–H groups in total. The van der Waals surface area contributed by atoms with Crippen LogP contribution in [0, 0.1) is 11.8 Å². The van der Waals surface area contributed by atoms with Gasteiger partial charge in [-0.05, 0) is 101 Å². The van der Waals surface area contributed by atoms with Crippen molar-refractivity contribution in [2.45, 2.75) is 37.3 Å². The number of nitrogens with zero attached hydrogens (tertiary/aromatic N) is 1. The predicted octanol–water partition coefficient (Wildman–Crippen LogP) is 11.5. The maximum absolute atomic E-state index is 6.68. The van der Waals surface area contributed by atoms with Crippen molar-refractivity contribution in [1.82, 2.24) is 0 Å². The van der Waals surface area contributed by atoms with Crippen molar-refractivity contribution in [1.29, 1.82) is 0 Å². The highest BCUT2D eigenvalue weighted by molar-refractivity contribution is 7.19. The van der Waals surface area contributed by atoms with Gasteiger partial charge in [-0.1, -0.05) is 108 Å². The van der Waals surface area contributed by atoms with E-state index in [1.807, 2.05) is 11.3 Å². The minimum Gasteiger partial charge on any atom is -0.484 e. The summed E-state index contributed by atoms with van der Waals surface area (Å²) < 4.78 is 8.07. The normalized spacial score (nSPS) is 24.2. The number of thiophene rings is 1. The van der Waals surface area contributed by atoms with Crippen LogP contribution in [0.4, 0.5) is 5.69 Å². The van der Waals surface area contributed by atoms with E-state index in [1.54, 1.807) is 5.20 Å². The number of para-hydroxylation sites is 1. The van der Waals surface area contributed by atoms with Gasteiger partial charge in [-0.3, -0.25) is 0 Å². The fourth-order valence-electron chi connectivity index (χ4n) is 9.19. The van der Waals surface area contributed by atoms with E-state index in [1.165, 1.54) is 70.7 Å². The monoisotopic (exact) mass is 677 g/mol. The van der Waals surface area contributed by atoms with Crippen molar-refractivity contribution in [2.75, 3.05) is 4.90 Å². The van der Waals surface area contributed by atoms with E-state index in [0.717, 1.165) is 41.0 Å².